The van der Waals surface area contributed by atoms with Crippen molar-refractivity contribution >= 4 is 28.9 Å². The van der Waals surface area contributed by atoms with Crippen LogP contribution in [0.2, 0.25) is 5.02 Å². The summed E-state index contributed by atoms with van der Waals surface area (Å²) < 4.78 is 5.33. The van der Waals surface area contributed by atoms with E-state index in [0.717, 1.165) is 11.1 Å². The van der Waals surface area contributed by atoms with Crippen LogP contribution in [0.15, 0.2) is 36.4 Å². The monoisotopic (exact) mass is 288 g/mol. The normalized spacial score (nSPS) is 13.1. The molecule has 0 aliphatic carbocycles. The second-order valence-corrected chi connectivity index (χ2v) is 5.08. The van der Waals surface area contributed by atoms with Crippen LogP contribution < -0.4 is 11.1 Å². The predicted molar refractivity (Wildman–Crippen MR) is 78.8 cm³/mol. The van der Waals surface area contributed by atoms with Gasteiger partial charge < -0.3 is 15.8 Å². The summed E-state index contributed by atoms with van der Waals surface area (Å²) in [6.07, 6.45) is 0. The summed E-state index contributed by atoms with van der Waals surface area (Å²) in [5.41, 5.74) is 9.50. The van der Waals surface area contributed by atoms with Crippen LogP contribution in [0.1, 0.15) is 21.5 Å². The summed E-state index contributed by atoms with van der Waals surface area (Å²) in [5.74, 6) is -0.202. The largest absolute Gasteiger partial charge is 0.399 e. The van der Waals surface area contributed by atoms with Crippen LogP contribution in [0, 0.1) is 0 Å². The number of nitrogens with two attached hydrogens (primary N) is 1. The van der Waals surface area contributed by atoms with E-state index in [2.05, 4.69) is 5.32 Å². The summed E-state index contributed by atoms with van der Waals surface area (Å²) >= 11 is 6.04. The summed E-state index contributed by atoms with van der Waals surface area (Å²) in [6.45, 7) is 1.17. The highest BCUT2D eigenvalue weighted by atomic mass is 35.5. The van der Waals surface area contributed by atoms with Gasteiger partial charge in [-0.05, 0) is 41.5 Å². The fourth-order valence-corrected chi connectivity index (χ4v) is 2.38. The Morgan fingerprint density at radius 1 is 1.15 bits per heavy atom. The van der Waals surface area contributed by atoms with Crippen molar-refractivity contribution in [3.8, 4) is 0 Å². The smallest absolute Gasteiger partial charge is 0.255 e. The van der Waals surface area contributed by atoms with Crippen molar-refractivity contribution in [1.29, 1.82) is 0 Å². The zero-order valence-electron chi connectivity index (χ0n) is 10.7. The van der Waals surface area contributed by atoms with E-state index in [1.54, 1.807) is 24.3 Å². The molecule has 5 heteroatoms. The van der Waals surface area contributed by atoms with Crippen molar-refractivity contribution < 1.29 is 9.53 Å². The van der Waals surface area contributed by atoms with Gasteiger partial charge in [0.15, 0.2) is 0 Å². The highest BCUT2D eigenvalue weighted by Gasteiger charge is 2.15. The van der Waals surface area contributed by atoms with Gasteiger partial charge in [-0.1, -0.05) is 17.7 Å². The van der Waals surface area contributed by atoms with Crippen molar-refractivity contribution in [3.05, 3.63) is 58.1 Å². The molecule has 20 heavy (non-hydrogen) atoms. The number of halogens is 1. The molecule has 4 nitrogen and oxygen atoms in total. The van der Waals surface area contributed by atoms with Crippen LogP contribution in [0.4, 0.5) is 11.4 Å². The number of hydrogen-bond donors (Lipinski definition) is 2. The molecule has 0 atom stereocenters. The van der Waals surface area contributed by atoms with E-state index in [1.165, 1.54) is 0 Å². The van der Waals surface area contributed by atoms with Crippen LogP contribution >= 0.6 is 11.6 Å². The average Bonchev–Trinajstić information content (AvgIpc) is 2.89. The Labute approximate surface area is 121 Å². The first kappa shape index (κ1) is 13.0. The third-order valence-electron chi connectivity index (χ3n) is 3.22. The van der Waals surface area contributed by atoms with E-state index in [0.29, 0.717) is 35.2 Å². The molecule has 1 aliphatic heterocycles. The van der Waals surface area contributed by atoms with E-state index in [-0.39, 0.29) is 5.91 Å². The van der Waals surface area contributed by atoms with Gasteiger partial charge in [-0.2, -0.15) is 0 Å². The van der Waals surface area contributed by atoms with Crippen LogP contribution in [0.5, 0.6) is 0 Å². The van der Waals surface area contributed by atoms with Gasteiger partial charge in [0, 0.05) is 11.3 Å². The van der Waals surface area contributed by atoms with Gasteiger partial charge in [-0.25, -0.2) is 0 Å². The third kappa shape index (κ3) is 2.48. The molecule has 1 heterocycles. The molecule has 0 saturated carbocycles. The number of anilines is 2. The number of ether oxygens (including phenoxy) is 1. The topological polar surface area (TPSA) is 64.3 Å². The minimum Gasteiger partial charge on any atom is -0.399 e. The lowest BCUT2D eigenvalue weighted by Crippen LogP contribution is -2.12. The van der Waals surface area contributed by atoms with Gasteiger partial charge in [-0.15, -0.1) is 0 Å². The number of carbonyl (C=O) groups excluding carboxylic acids is 1. The van der Waals surface area contributed by atoms with Crippen molar-refractivity contribution in [2.24, 2.45) is 0 Å². The Morgan fingerprint density at radius 3 is 2.75 bits per heavy atom. The maximum Gasteiger partial charge on any atom is 0.255 e. The highest BCUT2D eigenvalue weighted by Crippen LogP contribution is 2.25. The molecule has 0 radical (unpaired) electrons. The third-order valence-corrected chi connectivity index (χ3v) is 3.54. The molecule has 0 bridgehead atoms. The van der Waals surface area contributed by atoms with E-state index in [9.17, 15) is 4.79 Å². The summed E-state index contributed by atoms with van der Waals surface area (Å²) in [6, 6.07) is 10.5. The zero-order chi connectivity index (χ0) is 14.1. The molecule has 3 N–H and O–H groups in total. The van der Waals surface area contributed by atoms with Crippen LogP contribution in [-0.4, -0.2) is 5.91 Å². The van der Waals surface area contributed by atoms with Gasteiger partial charge in [-0.3, -0.25) is 4.79 Å². The van der Waals surface area contributed by atoms with Crippen LogP contribution in [0.25, 0.3) is 0 Å². The Bertz CT molecular complexity index is 686. The molecule has 2 aromatic carbocycles. The lowest BCUT2D eigenvalue weighted by molar-refractivity contribution is 0.102. The van der Waals surface area contributed by atoms with Crippen molar-refractivity contribution in [3.63, 3.8) is 0 Å². The van der Waals surface area contributed by atoms with E-state index in [4.69, 9.17) is 22.1 Å². The van der Waals surface area contributed by atoms with Gasteiger partial charge in [0.25, 0.3) is 5.91 Å². The van der Waals surface area contributed by atoms with Crippen molar-refractivity contribution in [1.82, 2.24) is 0 Å². The number of nitrogen functional groups attached to an aromatic ring is 1. The Kier molecular flexibility index (Phi) is 3.34. The first-order valence-corrected chi connectivity index (χ1v) is 6.57. The minimum absolute atomic E-state index is 0.202. The Balaban J connectivity index is 1.82. The van der Waals surface area contributed by atoms with E-state index >= 15 is 0 Å². The van der Waals surface area contributed by atoms with Gasteiger partial charge in [0.1, 0.15) is 0 Å². The van der Waals surface area contributed by atoms with Crippen molar-refractivity contribution in [2.75, 3.05) is 11.1 Å². The quantitative estimate of drug-likeness (QED) is 0.834. The molecule has 0 saturated heterocycles. The minimum atomic E-state index is -0.202. The fraction of sp³-hybridized carbons (Fsp3) is 0.133. The van der Waals surface area contributed by atoms with Crippen LogP contribution in [0.3, 0.4) is 0 Å². The van der Waals surface area contributed by atoms with Gasteiger partial charge in [0.2, 0.25) is 0 Å². The molecule has 0 fully saturated rings. The fourth-order valence-electron chi connectivity index (χ4n) is 2.14. The number of rotatable bonds is 2. The van der Waals surface area contributed by atoms with Gasteiger partial charge >= 0.3 is 0 Å². The Morgan fingerprint density at radius 2 is 1.95 bits per heavy atom. The number of carbonyl (C=O) groups is 1. The molecular weight excluding hydrogens is 276 g/mol. The number of amides is 1. The molecule has 102 valence electrons. The van der Waals surface area contributed by atoms with Crippen LogP contribution in [-0.2, 0) is 18.0 Å². The number of nitrogens with one attached hydrogen (secondary N) is 1. The average molecular weight is 289 g/mol. The molecular formula is C15H13ClN2O2. The Hall–Kier alpha value is -2.04. The zero-order valence-corrected chi connectivity index (χ0v) is 11.4. The van der Waals surface area contributed by atoms with Crippen molar-refractivity contribution in [2.45, 2.75) is 13.2 Å². The SMILES string of the molecule is Nc1ccc(NC(=O)c2ccc3c(c2)COC3)c(Cl)c1. The maximum atomic E-state index is 12.2. The van der Waals surface area contributed by atoms with Gasteiger partial charge in [0.05, 0.1) is 23.9 Å². The molecule has 1 amide bonds. The van der Waals surface area contributed by atoms with E-state index in [1.807, 2.05) is 12.1 Å². The van der Waals surface area contributed by atoms with E-state index < -0.39 is 0 Å². The lowest BCUT2D eigenvalue weighted by atomic mass is 10.1. The molecule has 2 aromatic rings. The second-order valence-electron chi connectivity index (χ2n) is 4.67. The number of benzene rings is 2. The predicted octanol–water partition coefficient (Wildman–Crippen LogP) is 3.20. The first-order valence-electron chi connectivity index (χ1n) is 6.19. The molecule has 0 aromatic heterocycles. The molecule has 0 spiro atoms. The number of hydrogen-bond acceptors (Lipinski definition) is 3. The molecule has 1 aliphatic rings. The summed E-state index contributed by atoms with van der Waals surface area (Å²) in [4.78, 5) is 12.2. The first-order chi connectivity index (χ1) is 9.63. The molecule has 3 rings (SSSR count). The highest BCUT2D eigenvalue weighted by molar-refractivity contribution is 6.34. The number of fused-ring (bicyclic) bond motifs is 1. The second kappa shape index (κ2) is 5.15. The molecule has 0 unspecified atom stereocenters. The standard InChI is InChI=1S/C15H13ClN2O2/c16-13-6-12(17)3-4-14(13)18-15(19)9-1-2-10-7-20-8-11(10)5-9/h1-6H,7-8,17H2,(H,18,19). The summed E-state index contributed by atoms with van der Waals surface area (Å²) in [5, 5.41) is 3.20. The lowest BCUT2D eigenvalue weighted by Gasteiger charge is -2.08. The summed E-state index contributed by atoms with van der Waals surface area (Å²) in [7, 11) is 0. The maximum absolute atomic E-state index is 12.2.